The fourth-order valence-corrected chi connectivity index (χ4v) is 6.59. The van der Waals surface area contributed by atoms with Crippen molar-refractivity contribution >= 4 is 46.6 Å². The largest absolute Gasteiger partial charge is 0.461 e. The van der Waals surface area contributed by atoms with Crippen molar-refractivity contribution in [2.75, 3.05) is 38.3 Å². The van der Waals surface area contributed by atoms with Crippen molar-refractivity contribution in [2.24, 2.45) is 17.8 Å². The van der Waals surface area contributed by atoms with Gasteiger partial charge in [-0.05, 0) is 43.6 Å². The number of piperidine rings is 1. The number of hydrogen-bond acceptors (Lipinski definition) is 12. The normalized spacial score (nSPS) is 16.9. The average Bonchev–Trinajstić information content (AvgIpc) is 3.60. The molecule has 0 spiro atoms. The van der Waals surface area contributed by atoms with Crippen LogP contribution in [0.15, 0.2) is 42.9 Å². The Hall–Kier alpha value is -5.06. The van der Waals surface area contributed by atoms with Gasteiger partial charge in [-0.15, -0.1) is 0 Å². The Balaban J connectivity index is 1.62. The van der Waals surface area contributed by atoms with E-state index in [0.29, 0.717) is 36.4 Å². The zero-order chi connectivity index (χ0) is 40.3. The minimum Gasteiger partial charge on any atom is -0.461 e. The van der Waals surface area contributed by atoms with Crippen LogP contribution in [0.3, 0.4) is 0 Å². The lowest BCUT2D eigenvalue weighted by atomic mass is 9.92. The third-order valence-electron chi connectivity index (χ3n) is 9.70. The van der Waals surface area contributed by atoms with Gasteiger partial charge in [0.05, 0.1) is 30.3 Å². The van der Waals surface area contributed by atoms with Crippen LogP contribution in [0.1, 0.15) is 104 Å². The lowest BCUT2D eigenvalue weighted by Gasteiger charge is -2.42. The molecule has 2 aromatic heterocycles. The molecule has 55 heavy (non-hydrogen) atoms. The van der Waals surface area contributed by atoms with E-state index in [4.69, 9.17) is 19.5 Å². The summed E-state index contributed by atoms with van der Waals surface area (Å²) >= 11 is 0. The quantitative estimate of drug-likeness (QED) is 0.0801. The molecule has 3 heterocycles. The molecule has 0 aliphatic carbocycles. The number of esters is 3. The van der Waals surface area contributed by atoms with E-state index in [1.54, 1.807) is 36.2 Å². The van der Waals surface area contributed by atoms with E-state index < -0.39 is 29.9 Å². The third kappa shape index (κ3) is 13.9. The Morgan fingerprint density at radius 3 is 2.22 bits per heavy atom. The van der Waals surface area contributed by atoms with Gasteiger partial charge in [-0.1, -0.05) is 71.8 Å². The lowest BCUT2D eigenvalue weighted by molar-refractivity contribution is -0.166. The maximum atomic E-state index is 13.7. The van der Waals surface area contributed by atoms with Gasteiger partial charge in [0.25, 0.3) is 0 Å². The number of hydrogen-bond donors (Lipinski definition) is 0. The van der Waals surface area contributed by atoms with Gasteiger partial charge in [0.1, 0.15) is 31.8 Å². The van der Waals surface area contributed by atoms with Crippen LogP contribution < -0.4 is 4.90 Å². The number of unbranched alkanes of at least 4 members (excludes halogenated alkanes) is 2. The van der Waals surface area contributed by atoms with Crippen LogP contribution in [-0.4, -0.2) is 94.7 Å². The van der Waals surface area contributed by atoms with Crippen molar-refractivity contribution < 1.29 is 38.2 Å². The number of fused-ring (bicyclic) bond motifs is 1. The van der Waals surface area contributed by atoms with E-state index in [1.807, 2.05) is 50.9 Å². The van der Waals surface area contributed by atoms with E-state index in [1.165, 1.54) is 10.9 Å². The number of amides is 1. The SMILES string of the molecule is CCC/C=C\CC(=O)OCC(COC(=O)C/C=C\CCC)OC(=O)CC(C)CC(C)C(=O)n1ccc2c(N(C)[C@H]3CN(C(=O)CC#N)CC[C@H]3C)ncnc21. The number of nitriles is 1. The molecule has 300 valence electrons. The molecule has 3 rings (SSSR count). The van der Waals surface area contributed by atoms with E-state index in [0.717, 1.165) is 32.1 Å². The van der Waals surface area contributed by atoms with Gasteiger partial charge in [0.2, 0.25) is 11.8 Å². The van der Waals surface area contributed by atoms with Crippen LogP contribution in [0.2, 0.25) is 0 Å². The zero-order valence-corrected chi connectivity index (χ0v) is 33.3. The maximum absolute atomic E-state index is 13.7. The number of carbonyl (C=O) groups is 5. The first-order chi connectivity index (χ1) is 26.4. The molecule has 0 saturated carbocycles. The molecule has 1 saturated heterocycles. The second-order valence-corrected chi connectivity index (χ2v) is 14.4. The monoisotopic (exact) mass is 762 g/mol. The Bertz CT molecular complexity index is 1660. The summed E-state index contributed by atoms with van der Waals surface area (Å²) < 4.78 is 17.8. The van der Waals surface area contributed by atoms with Gasteiger partial charge in [-0.25, -0.2) is 9.97 Å². The Kier molecular flexibility index (Phi) is 18.5. The molecular weight excluding hydrogens is 704 g/mol. The van der Waals surface area contributed by atoms with Crippen molar-refractivity contribution in [2.45, 2.75) is 111 Å². The highest BCUT2D eigenvalue weighted by Gasteiger charge is 2.33. The summed E-state index contributed by atoms with van der Waals surface area (Å²) in [6.07, 6.45) is 14.2. The Labute approximate surface area is 324 Å². The lowest BCUT2D eigenvalue weighted by Crippen LogP contribution is -2.52. The van der Waals surface area contributed by atoms with Crippen LogP contribution in [0, 0.1) is 29.1 Å². The van der Waals surface area contributed by atoms with Crippen LogP contribution in [0.5, 0.6) is 0 Å². The van der Waals surface area contributed by atoms with E-state index in [9.17, 15) is 24.0 Å². The molecule has 2 unspecified atom stereocenters. The highest BCUT2D eigenvalue weighted by molar-refractivity contribution is 5.96. The minimum atomic E-state index is -0.984. The van der Waals surface area contributed by atoms with Crippen molar-refractivity contribution in [3.05, 3.63) is 42.9 Å². The summed E-state index contributed by atoms with van der Waals surface area (Å²) in [4.78, 5) is 76.6. The topological polar surface area (TPSA) is 174 Å². The Morgan fingerprint density at radius 1 is 0.982 bits per heavy atom. The van der Waals surface area contributed by atoms with Crippen molar-refractivity contribution in [3.63, 3.8) is 0 Å². The second kappa shape index (κ2) is 23.0. The summed E-state index contributed by atoms with van der Waals surface area (Å²) in [6.45, 7) is 10.4. The predicted molar refractivity (Wildman–Crippen MR) is 208 cm³/mol. The van der Waals surface area contributed by atoms with Gasteiger partial charge < -0.3 is 24.0 Å². The maximum Gasteiger partial charge on any atom is 0.309 e. The van der Waals surface area contributed by atoms with Crippen LogP contribution in [0.25, 0.3) is 11.0 Å². The van der Waals surface area contributed by atoms with Crippen LogP contribution in [0.4, 0.5) is 5.82 Å². The van der Waals surface area contributed by atoms with E-state index in [-0.39, 0.29) is 68.6 Å². The molecule has 14 nitrogen and oxygen atoms in total. The van der Waals surface area contributed by atoms with Crippen molar-refractivity contribution in [1.29, 1.82) is 5.26 Å². The number of nitrogens with zero attached hydrogens (tertiary/aromatic N) is 6. The number of likely N-dealkylation sites (tertiary alicyclic amines) is 1. The molecule has 14 heteroatoms. The highest BCUT2D eigenvalue weighted by atomic mass is 16.6. The highest BCUT2D eigenvalue weighted by Crippen LogP contribution is 2.30. The number of carbonyl (C=O) groups excluding carboxylic acids is 5. The predicted octanol–water partition coefficient (Wildman–Crippen LogP) is 6.20. The number of rotatable bonds is 21. The van der Waals surface area contributed by atoms with Gasteiger partial charge in [-0.2, -0.15) is 5.26 Å². The number of ether oxygens (including phenoxy) is 3. The number of aromatic nitrogens is 3. The summed E-state index contributed by atoms with van der Waals surface area (Å²) in [7, 11) is 1.92. The van der Waals surface area contributed by atoms with Gasteiger partial charge in [0.15, 0.2) is 11.8 Å². The van der Waals surface area contributed by atoms with Gasteiger partial charge in [0, 0.05) is 38.7 Å². The summed E-state index contributed by atoms with van der Waals surface area (Å²) in [5, 5.41) is 9.71. The molecule has 4 atom stereocenters. The Morgan fingerprint density at radius 2 is 1.62 bits per heavy atom. The molecule has 1 fully saturated rings. The fraction of sp³-hybridized carbons (Fsp3) is 0.610. The van der Waals surface area contributed by atoms with Gasteiger partial charge >= 0.3 is 17.9 Å². The summed E-state index contributed by atoms with van der Waals surface area (Å²) in [5.41, 5.74) is 0.454. The number of allylic oxidation sites excluding steroid dienone is 2. The first-order valence-corrected chi connectivity index (χ1v) is 19.4. The van der Waals surface area contributed by atoms with Crippen LogP contribution >= 0.6 is 0 Å². The molecule has 0 bridgehead atoms. The zero-order valence-electron chi connectivity index (χ0n) is 33.3. The minimum absolute atomic E-state index is 0.00742. The summed E-state index contributed by atoms with van der Waals surface area (Å²) in [5.74, 6) is -1.74. The first-order valence-electron chi connectivity index (χ1n) is 19.4. The summed E-state index contributed by atoms with van der Waals surface area (Å²) in [6, 6.07) is 3.70. The molecule has 2 aromatic rings. The second-order valence-electron chi connectivity index (χ2n) is 14.4. The molecule has 1 amide bonds. The van der Waals surface area contributed by atoms with Crippen LogP contribution in [-0.2, 0) is 33.4 Å². The molecular formula is C41H58N6O8. The van der Waals surface area contributed by atoms with Crippen molar-refractivity contribution in [3.8, 4) is 6.07 Å². The van der Waals surface area contributed by atoms with Gasteiger partial charge in [-0.3, -0.25) is 28.5 Å². The van der Waals surface area contributed by atoms with E-state index in [2.05, 4.69) is 16.9 Å². The smallest absolute Gasteiger partial charge is 0.309 e. The first kappa shape index (κ1) is 44.3. The average molecular weight is 763 g/mol. The molecule has 0 aromatic carbocycles. The molecule has 0 N–H and O–H groups in total. The molecule has 0 radical (unpaired) electrons. The standard InChI is InChI=1S/C41H58N6O8/c1-7-9-11-13-15-36(49)53-26-32(27-54-37(50)16-14-12-10-8-2)55-38(51)24-29(3)23-31(5)41(52)47-22-19-33-39(43-28-44-40(33)47)45(6)34-25-46(21-18-30(34)4)35(48)17-20-42/h11-14,19,22,28-32,34H,7-10,15-18,21,23-27H2,1-6H3/b13-11-,14-12-/t29?,30-,31?,34+/m1/s1. The number of anilines is 1. The molecule has 1 aliphatic rings. The molecule has 1 aliphatic heterocycles. The number of likely N-dealkylation sites (N-methyl/N-ethyl adjacent to an activating group) is 1. The fourth-order valence-electron chi connectivity index (χ4n) is 6.59. The van der Waals surface area contributed by atoms with Crippen molar-refractivity contribution in [1.82, 2.24) is 19.4 Å². The third-order valence-corrected chi connectivity index (χ3v) is 9.70. The van der Waals surface area contributed by atoms with E-state index >= 15 is 0 Å².